The number of aliphatic hydroxyl groups is 1. The molecule has 3 aliphatic rings. The molecular formula is C24H27NO4. The highest BCUT2D eigenvalue weighted by atomic mass is 16.6. The van der Waals surface area contributed by atoms with Crippen LogP contribution in [0, 0.1) is 5.41 Å². The molecular weight excluding hydrogens is 366 g/mol. The zero-order chi connectivity index (χ0) is 20.0. The van der Waals surface area contributed by atoms with Gasteiger partial charge in [-0.15, -0.1) is 0 Å². The quantitative estimate of drug-likeness (QED) is 0.862. The molecule has 1 aliphatic heterocycles. The number of piperidine rings is 1. The Morgan fingerprint density at radius 1 is 1.07 bits per heavy atom. The Kier molecular flexibility index (Phi) is 4.60. The molecule has 2 aromatic carbocycles. The van der Waals surface area contributed by atoms with Gasteiger partial charge in [0.2, 0.25) is 0 Å². The molecule has 1 saturated carbocycles. The fourth-order valence-electron chi connectivity index (χ4n) is 5.50. The van der Waals surface area contributed by atoms with Crippen molar-refractivity contribution in [2.24, 2.45) is 5.41 Å². The van der Waals surface area contributed by atoms with Crippen LogP contribution in [-0.4, -0.2) is 55.1 Å². The highest BCUT2D eigenvalue weighted by Crippen LogP contribution is 2.51. The standard InChI is InChI=1S/C24H27NO4/c1-28-22-14-21(26)24(22)10-12-25(13-11-24)23(27)29-15-20-18-8-4-2-6-16(18)17-7-3-5-9-19(17)20/h2-9,20-22,26H,10-15H2,1H3/t21-,22+/m0/s1. The number of carbonyl (C=O) groups excluding carboxylic acids is 1. The van der Waals surface area contributed by atoms with Crippen LogP contribution in [0.3, 0.4) is 0 Å². The number of benzene rings is 2. The molecule has 2 aliphatic carbocycles. The monoisotopic (exact) mass is 393 g/mol. The second-order valence-corrected chi connectivity index (χ2v) is 8.50. The van der Waals surface area contributed by atoms with E-state index in [4.69, 9.17) is 9.47 Å². The SMILES string of the molecule is CO[C@@H]1C[C@H](O)C12CCN(C(=O)OCC1c3ccccc3-c3ccccc31)CC2. The maximum absolute atomic E-state index is 12.7. The summed E-state index contributed by atoms with van der Waals surface area (Å²) in [5.41, 5.74) is 4.72. The van der Waals surface area contributed by atoms with E-state index in [2.05, 4.69) is 36.4 Å². The highest BCUT2D eigenvalue weighted by molar-refractivity contribution is 5.79. The van der Waals surface area contributed by atoms with Crippen LogP contribution in [0.15, 0.2) is 48.5 Å². The minimum atomic E-state index is -0.322. The molecule has 152 valence electrons. The molecule has 1 heterocycles. The topological polar surface area (TPSA) is 59.0 Å². The van der Waals surface area contributed by atoms with E-state index >= 15 is 0 Å². The van der Waals surface area contributed by atoms with Crippen molar-refractivity contribution in [3.05, 3.63) is 59.7 Å². The number of nitrogens with zero attached hydrogens (tertiary/aromatic N) is 1. The molecule has 5 rings (SSSR count). The van der Waals surface area contributed by atoms with Crippen LogP contribution in [0.2, 0.25) is 0 Å². The summed E-state index contributed by atoms with van der Waals surface area (Å²) in [4.78, 5) is 14.5. The van der Waals surface area contributed by atoms with Crippen molar-refractivity contribution < 1.29 is 19.4 Å². The van der Waals surface area contributed by atoms with Gasteiger partial charge in [0.25, 0.3) is 0 Å². The van der Waals surface area contributed by atoms with E-state index in [1.54, 1.807) is 12.0 Å². The molecule has 0 bridgehead atoms. The van der Waals surface area contributed by atoms with E-state index in [9.17, 15) is 9.90 Å². The number of carbonyl (C=O) groups is 1. The van der Waals surface area contributed by atoms with Crippen molar-refractivity contribution in [2.45, 2.75) is 37.4 Å². The normalized spacial score (nSPS) is 24.7. The van der Waals surface area contributed by atoms with Gasteiger partial charge in [-0.05, 0) is 35.1 Å². The molecule has 1 spiro atoms. The molecule has 2 fully saturated rings. The molecule has 1 saturated heterocycles. The van der Waals surface area contributed by atoms with E-state index < -0.39 is 0 Å². The molecule has 0 unspecified atom stereocenters. The Bertz CT molecular complexity index is 873. The van der Waals surface area contributed by atoms with Gasteiger partial charge < -0.3 is 19.5 Å². The summed E-state index contributed by atoms with van der Waals surface area (Å²) in [5.74, 6) is 0.0776. The Morgan fingerprint density at radius 3 is 2.21 bits per heavy atom. The summed E-state index contributed by atoms with van der Waals surface area (Å²) < 4.78 is 11.3. The molecule has 1 N–H and O–H groups in total. The van der Waals surface area contributed by atoms with Crippen LogP contribution in [0.1, 0.15) is 36.3 Å². The number of ether oxygens (including phenoxy) is 2. The van der Waals surface area contributed by atoms with Crippen LogP contribution in [-0.2, 0) is 9.47 Å². The third-order valence-corrected chi connectivity index (χ3v) is 7.32. The molecule has 2 aromatic rings. The first kappa shape index (κ1) is 18.6. The van der Waals surface area contributed by atoms with Gasteiger partial charge in [-0.2, -0.15) is 0 Å². The smallest absolute Gasteiger partial charge is 0.409 e. The highest BCUT2D eigenvalue weighted by Gasteiger charge is 2.56. The van der Waals surface area contributed by atoms with E-state index in [-0.39, 0.29) is 29.6 Å². The Labute approximate surface area is 171 Å². The summed E-state index contributed by atoms with van der Waals surface area (Å²) in [6.07, 6.45) is 1.73. The molecule has 0 radical (unpaired) electrons. The van der Waals surface area contributed by atoms with Crippen LogP contribution < -0.4 is 0 Å². The van der Waals surface area contributed by atoms with Crippen molar-refractivity contribution in [1.29, 1.82) is 0 Å². The van der Waals surface area contributed by atoms with Crippen molar-refractivity contribution in [1.82, 2.24) is 4.90 Å². The van der Waals surface area contributed by atoms with Gasteiger partial charge in [-0.1, -0.05) is 48.5 Å². The van der Waals surface area contributed by atoms with Gasteiger partial charge in [-0.25, -0.2) is 4.79 Å². The number of hydrogen-bond acceptors (Lipinski definition) is 4. The fourth-order valence-corrected chi connectivity index (χ4v) is 5.50. The molecule has 5 heteroatoms. The molecule has 1 amide bonds. The summed E-state index contributed by atoms with van der Waals surface area (Å²) in [7, 11) is 1.70. The van der Waals surface area contributed by atoms with Gasteiger partial charge in [-0.3, -0.25) is 0 Å². The Morgan fingerprint density at radius 2 is 1.66 bits per heavy atom. The first-order chi connectivity index (χ1) is 14.1. The molecule has 2 atom stereocenters. The lowest BCUT2D eigenvalue weighted by Gasteiger charge is -2.56. The van der Waals surface area contributed by atoms with Crippen LogP contribution in [0.25, 0.3) is 11.1 Å². The largest absolute Gasteiger partial charge is 0.448 e. The van der Waals surface area contributed by atoms with Crippen molar-refractivity contribution in [2.75, 3.05) is 26.8 Å². The number of hydrogen-bond donors (Lipinski definition) is 1. The maximum atomic E-state index is 12.7. The summed E-state index contributed by atoms with van der Waals surface area (Å²) >= 11 is 0. The zero-order valence-electron chi connectivity index (χ0n) is 16.7. The van der Waals surface area contributed by atoms with Crippen LogP contribution in [0.4, 0.5) is 4.79 Å². The number of likely N-dealkylation sites (tertiary alicyclic amines) is 1. The third kappa shape index (κ3) is 2.87. The summed E-state index contributed by atoms with van der Waals surface area (Å²) in [6.45, 7) is 1.55. The minimum Gasteiger partial charge on any atom is -0.448 e. The third-order valence-electron chi connectivity index (χ3n) is 7.32. The summed E-state index contributed by atoms with van der Waals surface area (Å²) in [6, 6.07) is 16.7. The molecule has 0 aromatic heterocycles. The van der Waals surface area contributed by atoms with E-state index in [0.717, 1.165) is 12.8 Å². The van der Waals surface area contributed by atoms with E-state index in [1.165, 1.54) is 22.3 Å². The van der Waals surface area contributed by atoms with Gasteiger partial charge >= 0.3 is 6.09 Å². The maximum Gasteiger partial charge on any atom is 0.409 e. The van der Waals surface area contributed by atoms with Gasteiger partial charge in [0.15, 0.2) is 0 Å². The predicted molar refractivity (Wildman–Crippen MR) is 110 cm³/mol. The van der Waals surface area contributed by atoms with E-state index in [0.29, 0.717) is 26.1 Å². The lowest BCUT2D eigenvalue weighted by Crippen LogP contribution is -2.62. The van der Waals surface area contributed by atoms with Crippen LogP contribution in [0.5, 0.6) is 0 Å². The fraction of sp³-hybridized carbons (Fsp3) is 0.458. The minimum absolute atomic E-state index is 0.0776. The van der Waals surface area contributed by atoms with Crippen LogP contribution >= 0.6 is 0 Å². The van der Waals surface area contributed by atoms with Gasteiger partial charge in [0.05, 0.1) is 12.2 Å². The first-order valence-electron chi connectivity index (χ1n) is 10.4. The first-order valence-corrected chi connectivity index (χ1v) is 10.4. The molecule has 29 heavy (non-hydrogen) atoms. The van der Waals surface area contributed by atoms with Crippen molar-refractivity contribution in [3.8, 4) is 11.1 Å². The van der Waals surface area contributed by atoms with Crippen molar-refractivity contribution in [3.63, 3.8) is 0 Å². The number of aliphatic hydroxyl groups excluding tert-OH is 1. The number of methoxy groups -OCH3 is 1. The lowest BCUT2D eigenvalue weighted by atomic mass is 9.58. The average molecular weight is 393 g/mol. The Balaban J connectivity index is 1.24. The molecule has 5 nitrogen and oxygen atoms in total. The second kappa shape index (κ2) is 7.15. The number of fused-ring (bicyclic) bond motifs is 3. The van der Waals surface area contributed by atoms with Crippen molar-refractivity contribution >= 4 is 6.09 Å². The number of amides is 1. The van der Waals surface area contributed by atoms with Gasteiger partial charge in [0, 0.05) is 38.0 Å². The average Bonchev–Trinajstić information content (AvgIpc) is 3.09. The lowest BCUT2D eigenvalue weighted by molar-refractivity contribution is -0.199. The van der Waals surface area contributed by atoms with Gasteiger partial charge in [0.1, 0.15) is 6.61 Å². The summed E-state index contributed by atoms with van der Waals surface area (Å²) in [5, 5.41) is 10.3. The second-order valence-electron chi connectivity index (χ2n) is 8.50. The Hall–Kier alpha value is -2.37. The zero-order valence-corrected chi connectivity index (χ0v) is 16.7. The van der Waals surface area contributed by atoms with E-state index in [1.807, 2.05) is 12.1 Å². The predicted octanol–water partition coefficient (Wildman–Crippen LogP) is 3.80. The number of rotatable bonds is 3.